The van der Waals surface area contributed by atoms with Crippen LogP contribution in [0.5, 0.6) is 0 Å². The van der Waals surface area contributed by atoms with Crippen molar-refractivity contribution in [1.82, 2.24) is 5.32 Å². The molecule has 1 rings (SSSR count). The van der Waals surface area contributed by atoms with Gasteiger partial charge in [-0.25, -0.2) is 4.79 Å². The molecule has 0 bridgehead atoms. The first-order chi connectivity index (χ1) is 10.3. The van der Waals surface area contributed by atoms with Crippen LogP contribution in [0.2, 0.25) is 0 Å². The first kappa shape index (κ1) is 18.0. The third kappa shape index (κ3) is 8.29. The number of nitrogens with one attached hydrogen (secondary N) is 1. The molecule has 1 amide bonds. The SMILES string of the molecule is C[C@H](CCC(=O)OC(C)(C)C)NC(=O)OCc1ccccc1. The van der Waals surface area contributed by atoms with Crippen molar-refractivity contribution < 1.29 is 19.1 Å². The molecular weight excluding hydrogens is 282 g/mol. The van der Waals surface area contributed by atoms with Gasteiger partial charge < -0.3 is 14.8 Å². The van der Waals surface area contributed by atoms with Crippen LogP contribution in [0.1, 0.15) is 46.1 Å². The second kappa shape index (κ2) is 8.41. The number of hydrogen-bond acceptors (Lipinski definition) is 4. The largest absolute Gasteiger partial charge is 0.460 e. The van der Waals surface area contributed by atoms with Gasteiger partial charge in [0.05, 0.1) is 0 Å². The van der Waals surface area contributed by atoms with E-state index < -0.39 is 11.7 Å². The summed E-state index contributed by atoms with van der Waals surface area (Å²) in [4.78, 5) is 23.2. The highest BCUT2D eigenvalue weighted by Crippen LogP contribution is 2.10. The predicted molar refractivity (Wildman–Crippen MR) is 84.3 cm³/mol. The van der Waals surface area contributed by atoms with E-state index in [-0.39, 0.29) is 25.0 Å². The number of esters is 1. The first-order valence-electron chi connectivity index (χ1n) is 7.45. The Bertz CT molecular complexity index is 479. The van der Waals surface area contributed by atoms with Gasteiger partial charge in [0, 0.05) is 12.5 Å². The third-order valence-electron chi connectivity index (χ3n) is 2.78. The van der Waals surface area contributed by atoms with E-state index in [9.17, 15) is 9.59 Å². The summed E-state index contributed by atoms with van der Waals surface area (Å²) in [5.74, 6) is -0.265. The molecule has 5 nitrogen and oxygen atoms in total. The van der Waals surface area contributed by atoms with Gasteiger partial charge in [0.15, 0.2) is 0 Å². The Labute approximate surface area is 132 Å². The number of benzene rings is 1. The number of carbonyl (C=O) groups is 2. The van der Waals surface area contributed by atoms with Gasteiger partial charge in [-0.2, -0.15) is 0 Å². The lowest BCUT2D eigenvalue weighted by Crippen LogP contribution is -2.34. The van der Waals surface area contributed by atoms with Crippen LogP contribution < -0.4 is 5.32 Å². The molecule has 0 aromatic heterocycles. The maximum atomic E-state index is 11.7. The summed E-state index contributed by atoms with van der Waals surface area (Å²) in [6, 6.07) is 9.30. The van der Waals surface area contributed by atoms with Crippen molar-refractivity contribution in [2.45, 2.75) is 58.8 Å². The highest BCUT2D eigenvalue weighted by Gasteiger charge is 2.17. The Hall–Kier alpha value is -2.04. The molecule has 0 unspecified atom stereocenters. The maximum Gasteiger partial charge on any atom is 0.407 e. The molecule has 0 spiro atoms. The van der Waals surface area contributed by atoms with Gasteiger partial charge in [-0.15, -0.1) is 0 Å². The van der Waals surface area contributed by atoms with Crippen molar-refractivity contribution in [1.29, 1.82) is 0 Å². The highest BCUT2D eigenvalue weighted by molar-refractivity contribution is 5.70. The monoisotopic (exact) mass is 307 g/mol. The van der Waals surface area contributed by atoms with Crippen LogP contribution in [0.4, 0.5) is 4.79 Å². The first-order valence-corrected chi connectivity index (χ1v) is 7.45. The molecule has 0 fully saturated rings. The van der Waals surface area contributed by atoms with E-state index in [4.69, 9.17) is 9.47 Å². The smallest absolute Gasteiger partial charge is 0.407 e. The number of hydrogen-bond donors (Lipinski definition) is 1. The van der Waals surface area contributed by atoms with Gasteiger partial charge in [-0.1, -0.05) is 30.3 Å². The van der Waals surface area contributed by atoms with Crippen molar-refractivity contribution in [3.8, 4) is 0 Å². The van der Waals surface area contributed by atoms with Crippen molar-refractivity contribution >= 4 is 12.1 Å². The van der Waals surface area contributed by atoms with Crippen LogP contribution in [-0.2, 0) is 20.9 Å². The van der Waals surface area contributed by atoms with Crippen molar-refractivity contribution in [2.24, 2.45) is 0 Å². The standard InChI is InChI=1S/C17H25NO4/c1-13(10-11-15(19)22-17(2,3)4)18-16(20)21-12-14-8-6-5-7-9-14/h5-9,13H,10-12H2,1-4H3,(H,18,20)/t13-/m1/s1. The molecule has 0 aliphatic heterocycles. The van der Waals surface area contributed by atoms with E-state index in [0.29, 0.717) is 6.42 Å². The molecule has 0 heterocycles. The molecule has 0 saturated heterocycles. The molecule has 1 N–H and O–H groups in total. The normalized spacial score (nSPS) is 12.4. The van der Waals surface area contributed by atoms with Gasteiger partial charge in [0.2, 0.25) is 0 Å². The zero-order valence-electron chi connectivity index (χ0n) is 13.7. The molecule has 22 heavy (non-hydrogen) atoms. The molecular formula is C17H25NO4. The van der Waals surface area contributed by atoms with Crippen LogP contribution in [0, 0.1) is 0 Å². The lowest BCUT2D eigenvalue weighted by Gasteiger charge is -2.20. The fourth-order valence-electron chi connectivity index (χ4n) is 1.77. The Kier molecular flexibility index (Phi) is 6.89. The fourth-order valence-corrected chi connectivity index (χ4v) is 1.77. The number of amides is 1. The van der Waals surface area contributed by atoms with Gasteiger partial charge in [-0.05, 0) is 39.7 Å². The summed E-state index contributed by atoms with van der Waals surface area (Å²) < 4.78 is 10.3. The molecule has 5 heteroatoms. The molecule has 0 radical (unpaired) electrons. The van der Waals surface area contributed by atoms with Crippen LogP contribution in [0.25, 0.3) is 0 Å². The summed E-state index contributed by atoms with van der Waals surface area (Å²) in [7, 11) is 0. The lowest BCUT2D eigenvalue weighted by molar-refractivity contribution is -0.155. The number of rotatable bonds is 6. The van der Waals surface area contributed by atoms with E-state index >= 15 is 0 Å². The minimum absolute atomic E-state index is 0.157. The third-order valence-corrected chi connectivity index (χ3v) is 2.78. The molecule has 0 aliphatic rings. The van der Waals surface area contributed by atoms with Crippen molar-refractivity contribution in [2.75, 3.05) is 0 Å². The molecule has 0 aliphatic carbocycles. The minimum Gasteiger partial charge on any atom is -0.460 e. The summed E-state index contributed by atoms with van der Waals surface area (Å²) in [5, 5.41) is 2.70. The molecule has 1 atom stereocenters. The van der Waals surface area contributed by atoms with Gasteiger partial charge in [-0.3, -0.25) is 4.79 Å². The second-order valence-electron chi connectivity index (χ2n) is 6.23. The van der Waals surface area contributed by atoms with Gasteiger partial charge in [0.1, 0.15) is 12.2 Å². The lowest BCUT2D eigenvalue weighted by atomic mass is 10.1. The average molecular weight is 307 g/mol. The predicted octanol–water partition coefficient (Wildman–Crippen LogP) is 3.42. The summed E-state index contributed by atoms with van der Waals surface area (Å²) in [6.07, 6.45) is 0.285. The van der Waals surface area contributed by atoms with E-state index in [1.165, 1.54) is 0 Å². The Balaban J connectivity index is 2.22. The summed E-state index contributed by atoms with van der Waals surface area (Å²) in [6.45, 7) is 7.54. The zero-order valence-corrected chi connectivity index (χ0v) is 13.7. The van der Waals surface area contributed by atoms with E-state index in [1.54, 1.807) is 0 Å². The fraction of sp³-hybridized carbons (Fsp3) is 0.529. The molecule has 0 saturated carbocycles. The summed E-state index contributed by atoms with van der Waals surface area (Å²) >= 11 is 0. The van der Waals surface area contributed by atoms with E-state index in [1.807, 2.05) is 58.0 Å². The summed E-state index contributed by atoms with van der Waals surface area (Å²) in [5.41, 5.74) is 0.446. The van der Waals surface area contributed by atoms with Gasteiger partial charge >= 0.3 is 12.1 Å². The van der Waals surface area contributed by atoms with Crippen LogP contribution in [0.3, 0.4) is 0 Å². The van der Waals surface area contributed by atoms with Crippen molar-refractivity contribution in [3.05, 3.63) is 35.9 Å². The quantitative estimate of drug-likeness (QED) is 0.818. The average Bonchev–Trinajstić information content (AvgIpc) is 2.42. The topological polar surface area (TPSA) is 64.6 Å². The van der Waals surface area contributed by atoms with Crippen molar-refractivity contribution in [3.63, 3.8) is 0 Å². The Morgan fingerprint density at radius 1 is 1.18 bits per heavy atom. The van der Waals surface area contributed by atoms with Crippen LogP contribution >= 0.6 is 0 Å². The maximum absolute atomic E-state index is 11.7. The number of carbonyl (C=O) groups excluding carboxylic acids is 2. The molecule has 1 aromatic rings. The van der Waals surface area contributed by atoms with E-state index in [2.05, 4.69) is 5.32 Å². The molecule has 1 aromatic carbocycles. The van der Waals surface area contributed by atoms with Gasteiger partial charge in [0.25, 0.3) is 0 Å². The number of alkyl carbamates (subject to hydrolysis) is 1. The zero-order chi connectivity index (χ0) is 16.6. The highest BCUT2D eigenvalue weighted by atomic mass is 16.6. The minimum atomic E-state index is -0.486. The van der Waals surface area contributed by atoms with Crippen LogP contribution in [0.15, 0.2) is 30.3 Å². The van der Waals surface area contributed by atoms with E-state index in [0.717, 1.165) is 5.56 Å². The Morgan fingerprint density at radius 2 is 1.82 bits per heavy atom. The number of ether oxygens (including phenoxy) is 2. The second-order valence-corrected chi connectivity index (χ2v) is 6.23. The van der Waals surface area contributed by atoms with Crippen LogP contribution in [-0.4, -0.2) is 23.7 Å². The molecule has 122 valence electrons. The Morgan fingerprint density at radius 3 is 2.41 bits per heavy atom.